The first-order valence-corrected chi connectivity index (χ1v) is 9.90. The molecule has 3 N–H and O–H groups in total. The number of nitrogen functional groups attached to an aromatic ring is 1. The van der Waals surface area contributed by atoms with Crippen LogP contribution in [0.2, 0.25) is 0 Å². The summed E-state index contributed by atoms with van der Waals surface area (Å²) in [6.07, 6.45) is 0.835. The summed E-state index contributed by atoms with van der Waals surface area (Å²) in [5.41, 5.74) is 10.3. The van der Waals surface area contributed by atoms with Gasteiger partial charge < -0.3 is 20.3 Å². The highest BCUT2D eigenvalue weighted by Crippen LogP contribution is 2.35. The van der Waals surface area contributed by atoms with Gasteiger partial charge in [-0.05, 0) is 72.4 Å². The van der Waals surface area contributed by atoms with E-state index in [4.69, 9.17) is 15.2 Å². The van der Waals surface area contributed by atoms with Gasteiger partial charge in [-0.2, -0.15) is 0 Å². The number of aromatic carboxylic acids is 1. The van der Waals surface area contributed by atoms with Crippen LogP contribution >= 0.6 is 0 Å². The second kappa shape index (κ2) is 9.35. The van der Waals surface area contributed by atoms with Crippen molar-refractivity contribution in [1.29, 1.82) is 0 Å². The van der Waals surface area contributed by atoms with Gasteiger partial charge in [0.2, 0.25) is 0 Å². The lowest BCUT2D eigenvalue weighted by molar-refractivity contribution is 0.0697. The Kier molecular flexibility index (Phi) is 6.62. The molecule has 5 nitrogen and oxygen atoms in total. The van der Waals surface area contributed by atoms with E-state index in [9.17, 15) is 9.90 Å². The first-order chi connectivity index (χ1) is 14.4. The molecule has 0 aliphatic rings. The van der Waals surface area contributed by atoms with Crippen molar-refractivity contribution in [2.45, 2.75) is 26.2 Å². The van der Waals surface area contributed by atoms with E-state index < -0.39 is 5.97 Å². The van der Waals surface area contributed by atoms with Gasteiger partial charge in [0, 0.05) is 11.3 Å². The number of anilines is 1. The molecular weight excluding hydrogens is 378 g/mol. The topological polar surface area (TPSA) is 81.8 Å². The molecule has 0 fully saturated rings. The highest BCUT2D eigenvalue weighted by atomic mass is 16.5. The lowest BCUT2D eigenvalue weighted by Gasteiger charge is -2.17. The number of rotatable bonds is 8. The number of hydrogen-bond acceptors (Lipinski definition) is 4. The van der Waals surface area contributed by atoms with Crippen molar-refractivity contribution in [3.05, 3.63) is 77.4 Å². The van der Waals surface area contributed by atoms with Crippen molar-refractivity contribution in [1.82, 2.24) is 0 Å². The van der Waals surface area contributed by atoms with Gasteiger partial charge in [-0.1, -0.05) is 31.2 Å². The van der Waals surface area contributed by atoms with E-state index in [0.29, 0.717) is 23.8 Å². The Balaban J connectivity index is 1.80. The third-order valence-corrected chi connectivity index (χ3v) is 5.34. The highest BCUT2D eigenvalue weighted by molar-refractivity contribution is 5.97. The number of methoxy groups -OCH3 is 1. The Morgan fingerprint density at radius 1 is 1.03 bits per heavy atom. The summed E-state index contributed by atoms with van der Waals surface area (Å²) in [6.45, 7) is 4.57. The molecule has 0 radical (unpaired) electrons. The molecule has 1 unspecified atom stereocenters. The van der Waals surface area contributed by atoms with Gasteiger partial charge in [-0.3, -0.25) is 0 Å². The zero-order valence-corrected chi connectivity index (χ0v) is 17.5. The molecule has 0 aliphatic carbocycles. The number of carboxylic acid groups (broad SMARTS) is 1. The van der Waals surface area contributed by atoms with Gasteiger partial charge in [0.15, 0.2) is 0 Å². The van der Waals surface area contributed by atoms with Crippen LogP contribution < -0.4 is 15.2 Å². The molecule has 3 rings (SSSR count). The summed E-state index contributed by atoms with van der Waals surface area (Å²) < 4.78 is 11.3. The lowest BCUT2D eigenvalue weighted by Crippen LogP contribution is -2.07. The average molecular weight is 405 g/mol. The Bertz CT molecular complexity index is 1010. The van der Waals surface area contributed by atoms with Gasteiger partial charge in [-0.15, -0.1) is 0 Å². The van der Waals surface area contributed by atoms with Gasteiger partial charge in [0.1, 0.15) is 11.5 Å². The molecule has 0 saturated heterocycles. The normalized spacial score (nSPS) is 11.7. The third-order valence-electron chi connectivity index (χ3n) is 5.34. The van der Waals surface area contributed by atoms with E-state index in [-0.39, 0.29) is 5.56 Å². The van der Waals surface area contributed by atoms with E-state index >= 15 is 0 Å². The smallest absolute Gasteiger partial charge is 0.336 e. The van der Waals surface area contributed by atoms with Crippen molar-refractivity contribution in [2.75, 3.05) is 19.5 Å². The predicted octanol–water partition coefficient (Wildman–Crippen LogP) is 5.52. The third kappa shape index (κ3) is 4.74. The maximum Gasteiger partial charge on any atom is 0.336 e. The van der Waals surface area contributed by atoms with Crippen LogP contribution in [0.4, 0.5) is 5.69 Å². The van der Waals surface area contributed by atoms with Gasteiger partial charge in [0.25, 0.3) is 0 Å². The zero-order valence-electron chi connectivity index (χ0n) is 17.5. The maximum absolute atomic E-state index is 11.8. The molecule has 30 heavy (non-hydrogen) atoms. The molecule has 0 saturated carbocycles. The predicted molar refractivity (Wildman–Crippen MR) is 120 cm³/mol. The van der Waals surface area contributed by atoms with E-state index in [2.05, 4.69) is 6.92 Å². The Labute approximate surface area is 177 Å². The average Bonchev–Trinajstić information content (AvgIpc) is 2.75. The summed E-state index contributed by atoms with van der Waals surface area (Å²) in [5, 5.41) is 9.66. The van der Waals surface area contributed by atoms with Gasteiger partial charge in [-0.25, -0.2) is 4.79 Å². The highest BCUT2D eigenvalue weighted by Gasteiger charge is 2.18. The molecule has 156 valence electrons. The van der Waals surface area contributed by atoms with E-state index in [1.54, 1.807) is 19.2 Å². The molecule has 0 aliphatic heterocycles. The molecular formula is C25H27NO4. The molecule has 0 aromatic heterocycles. The molecule has 1 atom stereocenters. The Morgan fingerprint density at radius 2 is 1.70 bits per heavy atom. The van der Waals surface area contributed by atoms with E-state index in [0.717, 1.165) is 29.0 Å². The number of carbonyl (C=O) groups is 1. The standard InChI is InChI=1S/C25H27NO4/c1-16(18-4-8-20(26)9-5-18)14-15-30-23-13-12-22(25(27)28)24(17(23)2)19-6-10-21(29-3)11-7-19/h4-13,16H,14-15,26H2,1-3H3,(H,27,28). The second-order valence-electron chi connectivity index (χ2n) is 7.35. The second-order valence-corrected chi connectivity index (χ2v) is 7.35. The van der Waals surface area contributed by atoms with Crippen molar-refractivity contribution in [3.8, 4) is 22.6 Å². The quantitative estimate of drug-likeness (QED) is 0.482. The van der Waals surface area contributed by atoms with Gasteiger partial charge in [0.05, 0.1) is 19.3 Å². The van der Waals surface area contributed by atoms with Crippen LogP contribution in [0.25, 0.3) is 11.1 Å². The van der Waals surface area contributed by atoms with Crippen molar-refractivity contribution in [3.63, 3.8) is 0 Å². The van der Waals surface area contributed by atoms with Crippen LogP contribution in [-0.2, 0) is 0 Å². The summed E-state index contributed by atoms with van der Waals surface area (Å²) in [4.78, 5) is 11.8. The largest absolute Gasteiger partial charge is 0.497 e. The lowest BCUT2D eigenvalue weighted by atomic mass is 9.94. The fourth-order valence-electron chi connectivity index (χ4n) is 3.49. The van der Waals surface area contributed by atoms with Crippen LogP contribution in [0.3, 0.4) is 0 Å². The zero-order chi connectivity index (χ0) is 21.7. The molecule has 3 aromatic rings. The number of nitrogens with two attached hydrogens (primary N) is 1. The Morgan fingerprint density at radius 3 is 2.30 bits per heavy atom. The van der Waals surface area contributed by atoms with Crippen LogP contribution in [0, 0.1) is 6.92 Å². The van der Waals surface area contributed by atoms with Crippen molar-refractivity contribution in [2.24, 2.45) is 0 Å². The van der Waals surface area contributed by atoms with Gasteiger partial charge >= 0.3 is 5.97 Å². The number of ether oxygens (including phenoxy) is 2. The first kappa shape index (κ1) is 21.2. The number of benzene rings is 3. The fraction of sp³-hybridized carbons (Fsp3) is 0.240. The van der Waals surface area contributed by atoms with Crippen LogP contribution in [-0.4, -0.2) is 24.8 Å². The molecule has 0 heterocycles. The minimum absolute atomic E-state index is 0.250. The Hall–Kier alpha value is -3.47. The summed E-state index contributed by atoms with van der Waals surface area (Å²) in [7, 11) is 1.60. The first-order valence-electron chi connectivity index (χ1n) is 9.90. The van der Waals surface area contributed by atoms with Crippen LogP contribution in [0.15, 0.2) is 60.7 Å². The fourth-order valence-corrected chi connectivity index (χ4v) is 3.49. The SMILES string of the molecule is COc1ccc(-c2c(C(=O)O)ccc(OCCC(C)c3ccc(N)cc3)c2C)cc1. The van der Waals surface area contributed by atoms with E-state index in [1.165, 1.54) is 5.56 Å². The number of hydrogen-bond donors (Lipinski definition) is 2. The molecule has 3 aromatic carbocycles. The molecule has 0 bridgehead atoms. The van der Waals surface area contributed by atoms with Crippen LogP contribution in [0.5, 0.6) is 11.5 Å². The minimum Gasteiger partial charge on any atom is -0.497 e. The summed E-state index contributed by atoms with van der Waals surface area (Å²) in [6, 6.07) is 18.6. The summed E-state index contributed by atoms with van der Waals surface area (Å²) >= 11 is 0. The maximum atomic E-state index is 11.8. The molecule has 0 spiro atoms. The minimum atomic E-state index is -0.965. The van der Waals surface area contributed by atoms with Crippen molar-refractivity contribution < 1.29 is 19.4 Å². The summed E-state index contributed by atoms with van der Waals surface area (Å²) in [5.74, 6) is 0.769. The molecule has 5 heteroatoms. The van der Waals surface area contributed by atoms with Crippen molar-refractivity contribution >= 4 is 11.7 Å². The van der Waals surface area contributed by atoms with E-state index in [1.807, 2.05) is 55.5 Å². The number of carboxylic acids is 1. The monoisotopic (exact) mass is 405 g/mol. The van der Waals surface area contributed by atoms with Crippen LogP contribution in [0.1, 0.15) is 40.7 Å². The molecule has 0 amide bonds.